The molecule has 0 unspecified atom stereocenters. The molecule has 0 atom stereocenters. The van der Waals surface area contributed by atoms with Crippen LogP contribution in [0.2, 0.25) is 0 Å². The van der Waals surface area contributed by atoms with Crippen molar-refractivity contribution < 1.29 is 14.3 Å². The molecule has 24 heavy (non-hydrogen) atoms. The molecule has 1 spiro atoms. The van der Waals surface area contributed by atoms with E-state index in [2.05, 4.69) is 22.4 Å². The fourth-order valence-corrected chi connectivity index (χ4v) is 3.75. The first-order valence-corrected chi connectivity index (χ1v) is 8.54. The van der Waals surface area contributed by atoms with Gasteiger partial charge in [-0.2, -0.15) is 5.10 Å². The van der Waals surface area contributed by atoms with Gasteiger partial charge in [0.1, 0.15) is 5.69 Å². The number of fused-ring (bicyclic) bond motifs is 1. The maximum absolute atomic E-state index is 12.9. The summed E-state index contributed by atoms with van der Waals surface area (Å²) in [6, 6.07) is 1.60. The Labute approximate surface area is 140 Å². The number of hydrogen-bond acceptors (Lipinski definition) is 5. The SMILES string of the molecule is CN1CCC2(CC1)CN(C(=O)c1cc3n(n1)CCNC3=O)CCO2. The van der Waals surface area contributed by atoms with Crippen LogP contribution < -0.4 is 5.32 Å². The van der Waals surface area contributed by atoms with Crippen LogP contribution in [0, 0.1) is 0 Å². The molecule has 1 aromatic rings. The molecule has 0 saturated carbocycles. The number of amides is 2. The summed E-state index contributed by atoms with van der Waals surface area (Å²) in [5, 5.41) is 7.11. The van der Waals surface area contributed by atoms with Crippen LogP contribution in [-0.2, 0) is 11.3 Å². The highest BCUT2D eigenvalue weighted by Gasteiger charge is 2.41. The van der Waals surface area contributed by atoms with Gasteiger partial charge in [0.15, 0.2) is 5.69 Å². The Morgan fingerprint density at radius 3 is 2.83 bits per heavy atom. The van der Waals surface area contributed by atoms with Crippen molar-refractivity contribution in [3.05, 3.63) is 17.5 Å². The van der Waals surface area contributed by atoms with E-state index in [1.54, 1.807) is 10.7 Å². The van der Waals surface area contributed by atoms with Crippen molar-refractivity contribution in [2.75, 3.05) is 46.4 Å². The lowest BCUT2D eigenvalue weighted by molar-refractivity contribution is -0.125. The Bertz CT molecular complexity index is 663. The monoisotopic (exact) mass is 333 g/mol. The molecule has 130 valence electrons. The van der Waals surface area contributed by atoms with Crippen LogP contribution in [0.1, 0.15) is 33.8 Å². The number of morpholine rings is 1. The Kier molecular flexibility index (Phi) is 3.80. The third-order valence-electron chi connectivity index (χ3n) is 5.27. The fourth-order valence-electron chi connectivity index (χ4n) is 3.75. The molecule has 1 N–H and O–H groups in total. The van der Waals surface area contributed by atoms with Gasteiger partial charge in [-0.25, -0.2) is 0 Å². The summed E-state index contributed by atoms with van der Waals surface area (Å²) in [6.07, 6.45) is 1.88. The van der Waals surface area contributed by atoms with Gasteiger partial charge in [-0.1, -0.05) is 0 Å². The van der Waals surface area contributed by atoms with Crippen molar-refractivity contribution in [2.45, 2.75) is 25.0 Å². The molecule has 0 aliphatic carbocycles. The number of nitrogens with one attached hydrogen (secondary N) is 1. The topological polar surface area (TPSA) is 79.7 Å². The zero-order valence-electron chi connectivity index (χ0n) is 14.0. The number of carbonyl (C=O) groups is 2. The summed E-state index contributed by atoms with van der Waals surface area (Å²) in [4.78, 5) is 28.8. The van der Waals surface area contributed by atoms with Gasteiger partial charge in [-0.3, -0.25) is 14.3 Å². The molecule has 0 bridgehead atoms. The van der Waals surface area contributed by atoms with E-state index in [1.807, 2.05) is 4.90 Å². The molecule has 2 amide bonds. The van der Waals surface area contributed by atoms with E-state index < -0.39 is 0 Å². The molecule has 0 aromatic carbocycles. The molecule has 2 fully saturated rings. The fraction of sp³-hybridized carbons (Fsp3) is 0.688. The highest BCUT2D eigenvalue weighted by Crippen LogP contribution is 2.30. The zero-order chi connectivity index (χ0) is 16.7. The maximum atomic E-state index is 12.9. The van der Waals surface area contributed by atoms with Gasteiger partial charge in [0.2, 0.25) is 0 Å². The van der Waals surface area contributed by atoms with E-state index in [9.17, 15) is 9.59 Å². The number of likely N-dealkylation sites (tertiary alicyclic amines) is 1. The molecule has 1 aromatic heterocycles. The molecular weight excluding hydrogens is 310 g/mol. The standard InChI is InChI=1S/C16H23N5O3/c1-19-5-2-16(3-6-19)11-20(8-9-24-16)15(23)12-10-13-14(22)17-4-7-21(13)18-12/h10H,2-9,11H2,1H3,(H,17,22). The van der Waals surface area contributed by atoms with Crippen molar-refractivity contribution in [1.82, 2.24) is 24.9 Å². The van der Waals surface area contributed by atoms with E-state index in [-0.39, 0.29) is 17.4 Å². The number of ether oxygens (including phenoxy) is 1. The van der Waals surface area contributed by atoms with Crippen LogP contribution in [0.15, 0.2) is 6.07 Å². The molecule has 0 radical (unpaired) electrons. The van der Waals surface area contributed by atoms with E-state index in [0.717, 1.165) is 25.9 Å². The lowest BCUT2D eigenvalue weighted by Gasteiger charge is -2.46. The van der Waals surface area contributed by atoms with Crippen molar-refractivity contribution >= 4 is 11.8 Å². The van der Waals surface area contributed by atoms with E-state index >= 15 is 0 Å². The minimum atomic E-state index is -0.225. The Morgan fingerprint density at radius 1 is 1.29 bits per heavy atom. The first kappa shape index (κ1) is 15.6. The molecule has 8 heteroatoms. The van der Waals surface area contributed by atoms with Gasteiger partial charge in [-0.05, 0) is 19.9 Å². The van der Waals surface area contributed by atoms with Crippen LogP contribution in [0.5, 0.6) is 0 Å². The average molecular weight is 333 g/mol. The molecule has 8 nitrogen and oxygen atoms in total. The third kappa shape index (κ3) is 2.69. The number of aromatic nitrogens is 2. The second kappa shape index (κ2) is 5.86. The maximum Gasteiger partial charge on any atom is 0.274 e. The molecular formula is C16H23N5O3. The van der Waals surface area contributed by atoms with E-state index in [4.69, 9.17) is 4.74 Å². The molecule has 4 rings (SSSR count). The first-order chi connectivity index (χ1) is 11.6. The van der Waals surface area contributed by atoms with Crippen LogP contribution in [0.4, 0.5) is 0 Å². The van der Waals surface area contributed by atoms with Crippen molar-refractivity contribution in [1.29, 1.82) is 0 Å². The normalized spacial score (nSPS) is 23.9. The molecule has 4 heterocycles. The molecule has 3 aliphatic rings. The predicted molar refractivity (Wildman–Crippen MR) is 85.9 cm³/mol. The largest absolute Gasteiger partial charge is 0.371 e. The summed E-state index contributed by atoms with van der Waals surface area (Å²) in [5.74, 6) is -0.270. The van der Waals surface area contributed by atoms with Crippen molar-refractivity contribution in [3.8, 4) is 0 Å². The number of rotatable bonds is 1. The molecule has 3 aliphatic heterocycles. The first-order valence-electron chi connectivity index (χ1n) is 8.54. The quantitative estimate of drug-likeness (QED) is 0.754. The van der Waals surface area contributed by atoms with E-state index in [0.29, 0.717) is 44.2 Å². The molecule has 2 saturated heterocycles. The van der Waals surface area contributed by atoms with Gasteiger partial charge in [0.25, 0.3) is 11.8 Å². The van der Waals surface area contributed by atoms with Gasteiger partial charge in [0.05, 0.1) is 25.3 Å². The number of hydrogen-bond donors (Lipinski definition) is 1. The van der Waals surface area contributed by atoms with Crippen LogP contribution >= 0.6 is 0 Å². The summed E-state index contributed by atoms with van der Waals surface area (Å²) in [6.45, 7) is 4.87. The van der Waals surface area contributed by atoms with Crippen molar-refractivity contribution in [2.24, 2.45) is 0 Å². The number of piperidine rings is 1. The smallest absolute Gasteiger partial charge is 0.274 e. The second-order valence-corrected chi connectivity index (χ2v) is 6.96. The summed E-state index contributed by atoms with van der Waals surface area (Å²) in [5.41, 5.74) is 0.593. The highest BCUT2D eigenvalue weighted by molar-refractivity contribution is 5.98. The average Bonchev–Trinajstić information content (AvgIpc) is 3.03. The Hall–Kier alpha value is -1.93. The minimum absolute atomic E-state index is 0.105. The van der Waals surface area contributed by atoms with Gasteiger partial charge in [0, 0.05) is 32.2 Å². The summed E-state index contributed by atoms with van der Waals surface area (Å²) >= 11 is 0. The van der Waals surface area contributed by atoms with Gasteiger partial charge < -0.3 is 19.9 Å². The lowest BCUT2D eigenvalue weighted by atomic mass is 9.89. The zero-order valence-corrected chi connectivity index (χ0v) is 14.0. The lowest BCUT2D eigenvalue weighted by Crippen LogP contribution is -2.57. The third-order valence-corrected chi connectivity index (χ3v) is 5.27. The van der Waals surface area contributed by atoms with Gasteiger partial charge >= 0.3 is 0 Å². The highest BCUT2D eigenvalue weighted by atomic mass is 16.5. The minimum Gasteiger partial charge on any atom is -0.371 e. The number of nitrogens with zero attached hydrogens (tertiary/aromatic N) is 4. The second-order valence-electron chi connectivity index (χ2n) is 6.96. The van der Waals surface area contributed by atoms with Crippen LogP contribution in [-0.4, -0.2) is 83.4 Å². The summed E-state index contributed by atoms with van der Waals surface area (Å²) in [7, 11) is 2.11. The van der Waals surface area contributed by atoms with Crippen molar-refractivity contribution in [3.63, 3.8) is 0 Å². The number of carbonyl (C=O) groups excluding carboxylic acids is 2. The van der Waals surface area contributed by atoms with E-state index in [1.165, 1.54) is 0 Å². The Morgan fingerprint density at radius 2 is 2.08 bits per heavy atom. The Balaban J connectivity index is 1.51. The van der Waals surface area contributed by atoms with Crippen LogP contribution in [0.25, 0.3) is 0 Å². The predicted octanol–water partition coefficient (Wildman–Crippen LogP) is -0.437. The van der Waals surface area contributed by atoms with Gasteiger partial charge in [-0.15, -0.1) is 0 Å². The summed E-state index contributed by atoms with van der Waals surface area (Å²) < 4.78 is 7.68. The van der Waals surface area contributed by atoms with Crippen LogP contribution in [0.3, 0.4) is 0 Å².